The van der Waals surface area contributed by atoms with Crippen molar-refractivity contribution < 1.29 is 9.13 Å². The third-order valence-corrected chi connectivity index (χ3v) is 3.23. The van der Waals surface area contributed by atoms with E-state index < -0.39 is 0 Å². The monoisotopic (exact) mass is 325 g/mol. The normalized spacial score (nSPS) is 11.8. The first-order valence-electron chi connectivity index (χ1n) is 7.47. The number of ether oxygens (including phenoxy) is 1. The van der Waals surface area contributed by atoms with Gasteiger partial charge in [0.15, 0.2) is 0 Å². The summed E-state index contributed by atoms with van der Waals surface area (Å²) in [6.07, 6.45) is 4.63. The first-order chi connectivity index (χ1) is 11.7. The van der Waals surface area contributed by atoms with Crippen LogP contribution in [0.4, 0.5) is 10.3 Å². The molecule has 0 aliphatic rings. The van der Waals surface area contributed by atoms with Crippen LogP contribution in [0.15, 0.2) is 55.0 Å². The Morgan fingerprint density at radius 1 is 1.17 bits per heavy atom. The van der Waals surface area contributed by atoms with E-state index in [2.05, 4.69) is 25.5 Å². The largest absolute Gasteiger partial charge is 0.487 e. The fourth-order valence-corrected chi connectivity index (χ4v) is 2.10. The van der Waals surface area contributed by atoms with Gasteiger partial charge in [0.25, 0.3) is 0 Å². The number of nitrogens with zero attached hydrogens (tertiary/aromatic N) is 4. The highest BCUT2D eigenvalue weighted by atomic mass is 19.1. The summed E-state index contributed by atoms with van der Waals surface area (Å²) in [6.45, 7) is 2.38. The van der Waals surface area contributed by atoms with Crippen molar-refractivity contribution in [2.45, 2.75) is 13.0 Å². The second-order valence-electron chi connectivity index (χ2n) is 5.14. The van der Waals surface area contributed by atoms with E-state index in [4.69, 9.17) is 4.74 Å². The molecule has 0 fully saturated rings. The van der Waals surface area contributed by atoms with Gasteiger partial charge in [-0.3, -0.25) is 4.98 Å². The summed E-state index contributed by atoms with van der Waals surface area (Å²) in [5.41, 5.74) is 0.807. The first kappa shape index (κ1) is 15.8. The summed E-state index contributed by atoms with van der Waals surface area (Å²) in [5.74, 6) is 0.653. The summed E-state index contributed by atoms with van der Waals surface area (Å²) in [5, 5.41) is 10.8. The molecule has 0 saturated heterocycles. The number of nitrogens with one attached hydrogen (secondary N) is 1. The Hall–Kier alpha value is -3.09. The molecule has 1 atom stereocenters. The molecule has 3 aromatic rings. The molecule has 0 spiro atoms. The number of hydrogen-bond donors (Lipinski definition) is 1. The van der Waals surface area contributed by atoms with Gasteiger partial charge in [-0.25, -0.2) is 9.37 Å². The maximum absolute atomic E-state index is 13.8. The van der Waals surface area contributed by atoms with E-state index in [9.17, 15) is 4.39 Å². The average molecular weight is 325 g/mol. The van der Waals surface area contributed by atoms with Crippen LogP contribution >= 0.6 is 0 Å². The molecule has 1 N–H and O–H groups in total. The SMILES string of the molecule is C[C@@H](CNc1nncc(-c2ccccc2F)n1)Oc1cccnc1. The minimum Gasteiger partial charge on any atom is -0.487 e. The lowest BCUT2D eigenvalue weighted by Crippen LogP contribution is -2.23. The predicted octanol–water partition coefficient (Wildman–Crippen LogP) is 2.95. The van der Waals surface area contributed by atoms with Gasteiger partial charge in [-0.05, 0) is 31.2 Å². The molecule has 2 aromatic heterocycles. The third kappa shape index (κ3) is 4.01. The quantitative estimate of drug-likeness (QED) is 0.751. The fraction of sp³-hybridized carbons (Fsp3) is 0.176. The van der Waals surface area contributed by atoms with Gasteiger partial charge in [-0.2, -0.15) is 5.10 Å². The van der Waals surface area contributed by atoms with Crippen LogP contribution in [0.25, 0.3) is 11.3 Å². The molecule has 0 radical (unpaired) electrons. The van der Waals surface area contributed by atoms with E-state index in [1.165, 1.54) is 12.3 Å². The molecule has 7 heteroatoms. The Morgan fingerprint density at radius 3 is 2.83 bits per heavy atom. The fourth-order valence-electron chi connectivity index (χ4n) is 2.10. The van der Waals surface area contributed by atoms with Gasteiger partial charge in [0.1, 0.15) is 17.7 Å². The summed E-state index contributed by atoms with van der Waals surface area (Å²) < 4.78 is 19.5. The van der Waals surface area contributed by atoms with Gasteiger partial charge in [0.05, 0.1) is 24.6 Å². The van der Waals surface area contributed by atoms with Crippen molar-refractivity contribution in [3.05, 3.63) is 60.8 Å². The number of hydrogen-bond acceptors (Lipinski definition) is 6. The Balaban J connectivity index is 1.64. The molecule has 3 rings (SSSR count). The Labute approximate surface area is 138 Å². The summed E-state index contributed by atoms with van der Waals surface area (Å²) in [7, 11) is 0. The molecule has 0 amide bonds. The van der Waals surface area contributed by atoms with Crippen LogP contribution < -0.4 is 10.1 Å². The minimum absolute atomic E-state index is 0.130. The highest BCUT2D eigenvalue weighted by Gasteiger charge is 2.09. The van der Waals surface area contributed by atoms with Crippen molar-refractivity contribution in [3.63, 3.8) is 0 Å². The number of benzene rings is 1. The molecular weight excluding hydrogens is 309 g/mol. The molecule has 6 nitrogen and oxygen atoms in total. The molecular formula is C17H16FN5O. The Kier molecular flexibility index (Phi) is 4.90. The molecule has 0 aliphatic carbocycles. The van der Waals surface area contributed by atoms with Crippen molar-refractivity contribution in [1.29, 1.82) is 0 Å². The molecule has 0 aliphatic heterocycles. The van der Waals surface area contributed by atoms with Gasteiger partial charge < -0.3 is 10.1 Å². The van der Waals surface area contributed by atoms with Gasteiger partial charge in [0.2, 0.25) is 5.95 Å². The van der Waals surface area contributed by atoms with Crippen molar-refractivity contribution in [3.8, 4) is 17.0 Å². The van der Waals surface area contributed by atoms with E-state index in [0.29, 0.717) is 29.5 Å². The summed E-state index contributed by atoms with van der Waals surface area (Å²) >= 11 is 0. The van der Waals surface area contributed by atoms with Gasteiger partial charge in [-0.15, -0.1) is 5.10 Å². The number of rotatable bonds is 6. The minimum atomic E-state index is -0.350. The standard InChI is InChI=1S/C17H16FN5O/c1-12(24-13-5-4-8-19-10-13)9-20-17-22-16(11-21-23-17)14-6-2-3-7-15(14)18/h2-8,10-12H,9H2,1H3,(H,20,22,23)/t12-/m0/s1. The molecule has 2 heterocycles. The molecule has 0 saturated carbocycles. The number of anilines is 1. The smallest absolute Gasteiger partial charge is 0.243 e. The maximum atomic E-state index is 13.8. The number of halogens is 1. The first-order valence-corrected chi connectivity index (χ1v) is 7.47. The zero-order valence-electron chi connectivity index (χ0n) is 13.1. The molecule has 24 heavy (non-hydrogen) atoms. The number of aromatic nitrogens is 4. The van der Waals surface area contributed by atoms with Crippen LogP contribution in [0.3, 0.4) is 0 Å². The third-order valence-electron chi connectivity index (χ3n) is 3.23. The highest BCUT2D eigenvalue weighted by Crippen LogP contribution is 2.20. The van der Waals surface area contributed by atoms with Gasteiger partial charge >= 0.3 is 0 Å². The lowest BCUT2D eigenvalue weighted by atomic mass is 10.1. The van der Waals surface area contributed by atoms with Gasteiger partial charge in [-0.1, -0.05) is 12.1 Å². The lowest BCUT2D eigenvalue weighted by molar-refractivity contribution is 0.233. The van der Waals surface area contributed by atoms with E-state index in [1.807, 2.05) is 13.0 Å². The van der Waals surface area contributed by atoms with E-state index in [0.717, 1.165) is 0 Å². The van der Waals surface area contributed by atoms with Crippen LogP contribution in [0, 0.1) is 5.82 Å². The van der Waals surface area contributed by atoms with Gasteiger partial charge in [0, 0.05) is 11.8 Å². The summed E-state index contributed by atoms with van der Waals surface area (Å²) in [6, 6.07) is 10.0. The van der Waals surface area contributed by atoms with Crippen LogP contribution in [-0.2, 0) is 0 Å². The Bertz CT molecular complexity index is 800. The second-order valence-corrected chi connectivity index (χ2v) is 5.14. The predicted molar refractivity (Wildman–Crippen MR) is 88.0 cm³/mol. The number of pyridine rings is 1. The Morgan fingerprint density at radius 2 is 2.04 bits per heavy atom. The van der Waals surface area contributed by atoms with Crippen molar-refractivity contribution in [1.82, 2.24) is 20.2 Å². The van der Waals surface area contributed by atoms with E-state index >= 15 is 0 Å². The lowest BCUT2D eigenvalue weighted by Gasteiger charge is -2.15. The van der Waals surface area contributed by atoms with Crippen LogP contribution in [0.2, 0.25) is 0 Å². The maximum Gasteiger partial charge on any atom is 0.243 e. The van der Waals surface area contributed by atoms with E-state index in [1.54, 1.807) is 36.7 Å². The molecule has 0 bridgehead atoms. The van der Waals surface area contributed by atoms with Crippen LogP contribution in [-0.4, -0.2) is 32.8 Å². The molecule has 1 aromatic carbocycles. The zero-order valence-corrected chi connectivity index (χ0v) is 13.1. The van der Waals surface area contributed by atoms with Crippen molar-refractivity contribution in [2.24, 2.45) is 0 Å². The average Bonchev–Trinajstić information content (AvgIpc) is 2.61. The summed E-state index contributed by atoms with van der Waals surface area (Å²) in [4.78, 5) is 8.28. The van der Waals surface area contributed by atoms with Crippen molar-refractivity contribution in [2.75, 3.05) is 11.9 Å². The zero-order chi connectivity index (χ0) is 16.8. The van der Waals surface area contributed by atoms with Crippen LogP contribution in [0.1, 0.15) is 6.92 Å². The van der Waals surface area contributed by atoms with Crippen molar-refractivity contribution >= 4 is 5.95 Å². The second kappa shape index (κ2) is 7.45. The topological polar surface area (TPSA) is 72.8 Å². The van der Waals surface area contributed by atoms with E-state index in [-0.39, 0.29) is 11.9 Å². The molecule has 0 unspecified atom stereocenters. The molecule has 122 valence electrons. The van der Waals surface area contributed by atoms with Crippen LogP contribution in [0.5, 0.6) is 5.75 Å². The highest BCUT2D eigenvalue weighted by molar-refractivity contribution is 5.59.